The zero-order valence-electron chi connectivity index (χ0n) is 26.3. The summed E-state index contributed by atoms with van der Waals surface area (Å²) in [6.45, 7) is -0.0330. The minimum absolute atomic E-state index is 0.00304. The summed E-state index contributed by atoms with van der Waals surface area (Å²) >= 11 is 17.4. The maximum atomic E-state index is 15.2. The van der Waals surface area contributed by atoms with Crippen molar-refractivity contribution in [1.29, 1.82) is 0 Å². The van der Waals surface area contributed by atoms with E-state index in [0.717, 1.165) is 4.90 Å². The van der Waals surface area contributed by atoms with E-state index in [1.165, 1.54) is 19.2 Å². The van der Waals surface area contributed by atoms with Gasteiger partial charge in [-0.15, -0.1) is 23.2 Å². The van der Waals surface area contributed by atoms with Crippen LogP contribution in [0.2, 0.25) is 0 Å². The van der Waals surface area contributed by atoms with Crippen LogP contribution in [0.25, 0.3) is 0 Å². The number of phenolic OH excluding ortho intramolecular Hbond substituents is 1. The summed E-state index contributed by atoms with van der Waals surface area (Å²) in [4.78, 5) is 62.4. The molecule has 2 aliphatic heterocycles. The third-order valence-electron chi connectivity index (χ3n) is 10.2. The van der Waals surface area contributed by atoms with Crippen molar-refractivity contribution < 1.29 is 60.9 Å². The monoisotopic (exact) mass is 822 g/mol. The molecule has 4 amide bonds. The summed E-state index contributed by atoms with van der Waals surface area (Å²) < 4.78 is 78.6. The average Bonchev–Trinajstić information content (AvgIpc) is 3.41. The first kappa shape index (κ1) is 37.0. The Kier molecular flexibility index (Phi) is 9.45. The number of likely N-dealkylation sites (tertiary alicyclic amines) is 1. The first-order chi connectivity index (χ1) is 23.9. The van der Waals surface area contributed by atoms with E-state index in [-0.39, 0.29) is 51.4 Å². The van der Waals surface area contributed by atoms with E-state index in [0.29, 0.717) is 19.3 Å². The van der Waals surface area contributed by atoms with Gasteiger partial charge in [0.2, 0.25) is 17.6 Å². The predicted molar refractivity (Wildman–Crippen MR) is 172 cm³/mol. The number of carboxylic acids is 1. The molecule has 0 aromatic heterocycles. The SMILES string of the molecule is COc1cc([C@H]2C3=CC[C@@H]4C(=O)N(CCCCCC(=O)O)C(=O)[C@@H]4[C@@H]3C[C@@]3(Cl)C(=O)N(c4c(F)c(F)c(F)c(F)c4F)C(=O)[C@@]23Cl)cc(Br)c1O. The number of aromatic hydroxyl groups is 1. The molecular weight excluding hydrogens is 798 g/mol. The molecule has 4 aliphatic rings. The molecular formula is C33H26BrCl2F5N2O8. The fraction of sp³-hybridized carbons (Fsp3) is 0.424. The molecule has 0 bridgehead atoms. The number of unbranched alkanes of at least 4 members (excludes halogenated alkanes) is 2. The molecule has 272 valence electrons. The lowest BCUT2D eigenvalue weighted by Crippen LogP contribution is -2.60. The average molecular weight is 824 g/mol. The zero-order valence-corrected chi connectivity index (χ0v) is 29.4. The maximum Gasteiger partial charge on any atom is 0.303 e. The van der Waals surface area contributed by atoms with Crippen LogP contribution in [-0.2, 0) is 24.0 Å². The fourth-order valence-corrected chi connectivity index (χ4v) is 9.26. The van der Waals surface area contributed by atoms with Gasteiger partial charge in [-0.05, 0) is 65.2 Å². The van der Waals surface area contributed by atoms with Gasteiger partial charge < -0.3 is 14.9 Å². The van der Waals surface area contributed by atoms with Crippen LogP contribution in [0.5, 0.6) is 11.5 Å². The van der Waals surface area contributed by atoms with Crippen molar-refractivity contribution in [2.75, 3.05) is 18.6 Å². The van der Waals surface area contributed by atoms with E-state index >= 15 is 8.78 Å². The summed E-state index contributed by atoms with van der Waals surface area (Å²) in [5, 5.41) is 19.4. The highest BCUT2D eigenvalue weighted by Crippen LogP contribution is 2.66. The van der Waals surface area contributed by atoms with Gasteiger partial charge in [0.1, 0.15) is 5.69 Å². The van der Waals surface area contributed by atoms with Crippen LogP contribution in [0.15, 0.2) is 28.3 Å². The molecule has 2 saturated heterocycles. The van der Waals surface area contributed by atoms with Gasteiger partial charge in [-0.3, -0.25) is 28.9 Å². The van der Waals surface area contributed by atoms with Crippen LogP contribution in [0.1, 0.15) is 50.0 Å². The highest BCUT2D eigenvalue weighted by molar-refractivity contribution is 9.10. The molecule has 2 N–H and O–H groups in total. The molecule has 6 atom stereocenters. The van der Waals surface area contributed by atoms with Crippen LogP contribution in [-0.4, -0.2) is 68.1 Å². The Hall–Kier alpha value is -3.76. The lowest BCUT2D eigenvalue weighted by Gasteiger charge is -2.50. The molecule has 18 heteroatoms. The van der Waals surface area contributed by atoms with E-state index in [1.54, 1.807) is 6.08 Å². The topological polar surface area (TPSA) is 142 Å². The Morgan fingerprint density at radius 3 is 2.18 bits per heavy atom. The third-order valence-corrected chi connectivity index (χ3v) is 12.2. The number of imide groups is 2. The second-order valence-corrected chi connectivity index (χ2v) is 14.9. The van der Waals surface area contributed by atoms with Crippen LogP contribution < -0.4 is 9.64 Å². The Labute approximate surface area is 304 Å². The second kappa shape index (κ2) is 13.0. The number of hydrogen-bond donors (Lipinski definition) is 2. The molecule has 0 unspecified atom stereocenters. The van der Waals surface area contributed by atoms with E-state index in [9.17, 15) is 42.3 Å². The Bertz CT molecular complexity index is 1940. The molecule has 0 radical (unpaired) electrons. The van der Waals surface area contributed by atoms with Gasteiger partial charge in [-0.1, -0.05) is 18.1 Å². The lowest BCUT2D eigenvalue weighted by atomic mass is 9.56. The number of methoxy groups -OCH3 is 1. The van der Waals surface area contributed by atoms with Crippen molar-refractivity contribution in [1.82, 2.24) is 4.90 Å². The van der Waals surface area contributed by atoms with Crippen molar-refractivity contribution in [2.24, 2.45) is 17.8 Å². The van der Waals surface area contributed by atoms with Gasteiger partial charge in [-0.25, -0.2) is 26.9 Å². The molecule has 6 rings (SSSR count). The van der Waals surface area contributed by atoms with Crippen LogP contribution in [0.4, 0.5) is 27.6 Å². The van der Waals surface area contributed by atoms with Gasteiger partial charge >= 0.3 is 5.97 Å². The first-order valence-corrected chi connectivity index (χ1v) is 17.1. The highest BCUT2D eigenvalue weighted by Gasteiger charge is 2.77. The van der Waals surface area contributed by atoms with Gasteiger partial charge in [0, 0.05) is 18.9 Å². The number of carbonyl (C=O) groups is 5. The first-order valence-electron chi connectivity index (χ1n) is 15.6. The molecule has 51 heavy (non-hydrogen) atoms. The number of amides is 4. The van der Waals surface area contributed by atoms with Gasteiger partial charge in [0.25, 0.3) is 11.8 Å². The Morgan fingerprint density at radius 2 is 1.57 bits per heavy atom. The van der Waals surface area contributed by atoms with Crippen molar-refractivity contribution in [3.8, 4) is 11.5 Å². The molecule has 1 saturated carbocycles. The summed E-state index contributed by atoms with van der Waals surface area (Å²) in [7, 11) is 1.20. The molecule has 2 heterocycles. The molecule has 2 aromatic carbocycles. The van der Waals surface area contributed by atoms with Crippen molar-refractivity contribution in [3.63, 3.8) is 0 Å². The number of carboxylic acid groups (broad SMARTS) is 1. The van der Waals surface area contributed by atoms with Gasteiger partial charge in [-0.2, -0.15) is 0 Å². The second-order valence-electron chi connectivity index (χ2n) is 12.8. The number of rotatable bonds is 9. The number of halogens is 8. The number of aliphatic carboxylic acids is 1. The molecule has 0 spiro atoms. The number of phenols is 1. The standard InChI is InChI=1S/C33H26BrCl2F5N2O8/c1-51-17-10-12(9-16(34)27(17)46)20-13-6-7-14-19(29(48)42(28(14)47)8-4-2-3-5-18(44)45)15(13)11-32(35)30(49)43(31(50)33(20,32)36)26-24(40)22(38)21(37)23(39)25(26)41/h6,9-10,14-15,19-20,46H,2-5,7-8,11H2,1H3,(H,44,45)/t14-,15+,19-,20-,32+,33-/m0/s1. The van der Waals surface area contributed by atoms with Crippen molar-refractivity contribution >= 4 is 74.4 Å². The maximum absolute atomic E-state index is 15.2. The zero-order chi connectivity index (χ0) is 37.5. The Morgan fingerprint density at radius 1 is 0.941 bits per heavy atom. The predicted octanol–water partition coefficient (Wildman–Crippen LogP) is 6.07. The number of alkyl halides is 2. The number of nitrogens with zero attached hydrogens (tertiary/aromatic N) is 2. The minimum Gasteiger partial charge on any atom is -0.503 e. The van der Waals surface area contributed by atoms with Crippen LogP contribution in [0.3, 0.4) is 0 Å². The van der Waals surface area contributed by atoms with Gasteiger partial charge in [0.05, 0.1) is 23.4 Å². The molecule has 3 fully saturated rings. The smallest absolute Gasteiger partial charge is 0.303 e. The third kappa shape index (κ3) is 5.25. The number of anilines is 1. The van der Waals surface area contributed by atoms with Crippen LogP contribution >= 0.6 is 39.1 Å². The number of benzene rings is 2. The van der Waals surface area contributed by atoms with Crippen LogP contribution in [0, 0.1) is 46.8 Å². The number of hydrogen-bond acceptors (Lipinski definition) is 7. The molecule has 2 aromatic rings. The summed E-state index contributed by atoms with van der Waals surface area (Å²) in [6, 6.07) is 2.54. The highest BCUT2D eigenvalue weighted by atomic mass is 79.9. The molecule has 2 aliphatic carbocycles. The Balaban J connectivity index is 1.50. The minimum atomic E-state index is -2.74. The molecule has 10 nitrogen and oxygen atoms in total. The number of ether oxygens (including phenoxy) is 1. The van der Waals surface area contributed by atoms with Crippen molar-refractivity contribution in [2.45, 2.75) is 54.2 Å². The normalized spacial score (nSPS) is 28.5. The lowest BCUT2D eigenvalue weighted by molar-refractivity contribution is -0.141. The van der Waals surface area contributed by atoms with Crippen molar-refractivity contribution in [3.05, 3.63) is 62.9 Å². The number of allylic oxidation sites excluding steroid dienone is 2. The number of carbonyl (C=O) groups excluding carboxylic acids is 4. The van der Waals surface area contributed by atoms with E-state index in [2.05, 4.69) is 15.9 Å². The van der Waals surface area contributed by atoms with E-state index < -0.39 is 104 Å². The summed E-state index contributed by atoms with van der Waals surface area (Å²) in [6.07, 6.45) is 1.74. The van der Waals surface area contributed by atoms with Gasteiger partial charge in [0.15, 0.2) is 44.5 Å². The quantitative estimate of drug-likeness (QED) is 0.0591. The fourth-order valence-electron chi connectivity index (χ4n) is 7.87. The van der Waals surface area contributed by atoms with E-state index in [4.69, 9.17) is 33.0 Å². The van der Waals surface area contributed by atoms with E-state index in [1.807, 2.05) is 0 Å². The summed E-state index contributed by atoms with van der Waals surface area (Å²) in [5.41, 5.74) is -1.62. The number of fused-ring (bicyclic) bond motifs is 4. The summed E-state index contributed by atoms with van der Waals surface area (Å²) in [5.74, 6) is -23.2. The largest absolute Gasteiger partial charge is 0.503 e.